The number of carbonyl (C=O) groups excluding carboxylic acids is 1. The molecule has 7 heteroatoms. The number of hydrogen-bond acceptors (Lipinski definition) is 4. The number of urea groups is 1. The smallest absolute Gasteiger partial charge is 0.320 e. The molecule has 2 amide bonds. The molecule has 118 valence electrons. The summed E-state index contributed by atoms with van der Waals surface area (Å²) in [5.74, 6) is -1.53. The van der Waals surface area contributed by atoms with E-state index in [9.17, 15) is 14.7 Å². The number of carboxylic acid groups (broad SMARTS) is 1. The third kappa shape index (κ3) is 2.72. The minimum absolute atomic E-state index is 0.0838. The highest BCUT2D eigenvalue weighted by Gasteiger charge is 2.43. The van der Waals surface area contributed by atoms with E-state index in [-0.39, 0.29) is 30.9 Å². The van der Waals surface area contributed by atoms with E-state index in [0.29, 0.717) is 26.2 Å². The van der Waals surface area contributed by atoms with Crippen LogP contribution in [0, 0.1) is 5.92 Å². The van der Waals surface area contributed by atoms with Gasteiger partial charge in [0.2, 0.25) is 0 Å². The van der Waals surface area contributed by atoms with E-state index >= 15 is 0 Å². The van der Waals surface area contributed by atoms with Crippen molar-refractivity contribution in [2.75, 3.05) is 32.8 Å². The first-order valence-electron chi connectivity index (χ1n) is 7.61. The van der Waals surface area contributed by atoms with Gasteiger partial charge in [-0.2, -0.15) is 0 Å². The SMILES string of the molecule is CCN(C(=O)N1CC2CCC(C1)O2)C1COCC1C(=O)O. The largest absolute Gasteiger partial charge is 0.481 e. The van der Waals surface area contributed by atoms with Crippen LogP contribution in [-0.2, 0) is 14.3 Å². The summed E-state index contributed by atoms with van der Waals surface area (Å²) in [4.78, 5) is 27.5. The zero-order valence-electron chi connectivity index (χ0n) is 12.2. The van der Waals surface area contributed by atoms with Gasteiger partial charge in [-0.05, 0) is 19.8 Å². The maximum Gasteiger partial charge on any atom is 0.320 e. The van der Waals surface area contributed by atoms with Crippen LogP contribution >= 0.6 is 0 Å². The zero-order valence-corrected chi connectivity index (χ0v) is 12.2. The predicted molar refractivity (Wildman–Crippen MR) is 73.0 cm³/mol. The first kappa shape index (κ1) is 14.6. The highest BCUT2D eigenvalue weighted by atomic mass is 16.5. The molecule has 3 rings (SSSR count). The molecule has 3 aliphatic rings. The number of ether oxygens (including phenoxy) is 2. The Bertz CT molecular complexity index is 418. The lowest BCUT2D eigenvalue weighted by Gasteiger charge is -2.38. The van der Waals surface area contributed by atoms with Crippen LogP contribution in [0.25, 0.3) is 0 Å². The van der Waals surface area contributed by atoms with Gasteiger partial charge >= 0.3 is 12.0 Å². The van der Waals surface area contributed by atoms with Gasteiger partial charge in [0.1, 0.15) is 5.92 Å². The first-order chi connectivity index (χ1) is 10.1. The number of morpholine rings is 1. The van der Waals surface area contributed by atoms with E-state index in [2.05, 4.69) is 0 Å². The third-order valence-corrected chi connectivity index (χ3v) is 4.67. The van der Waals surface area contributed by atoms with Crippen LogP contribution in [0.2, 0.25) is 0 Å². The van der Waals surface area contributed by atoms with Crippen molar-refractivity contribution in [3.63, 3.8) is 0 Å². The lowest BCUT2D eigenvalue weighted by Crippen LogP contribution is -2.55. The molecule has 7 nitrogen and oxygen atoms in total. The van der Waals surface area contributed by atoms with Gasteiger partial charge in [0.25, 0.3) is 0 Å². The van der Waals surface area contributed by atoms with E-state index in [1.165, 1.54) is 0 Å². The van der Waals surface area contributed by atoms with Gasteiger partial charge in [0.05, 0.1) is 31.5 Å². The summed E-state index contributed by atoms with van der Waals surface area (Å²) in [7, 11) is 0. The molecule has 0 radical (unpaired) electrons. The van der Waals surface area contributed by atoms with E-state index in [1.54, 1.807) is 4.90 Å². The second-order valence-corrected chi connectivity index (χ2v) is 5.98. The van der Waals surface area contributed by atoms with Crippen LogP contribution < -0.4 is 0 Å². The van der Waals surface area contributed by atoms with Gasteiger partial charge < -0.3 is 24.4 Å². The van der Waals surface area contributed by atoms with Crippen LogP contribution in [0.5, 0.6) is 0 Å². The molecule has 1 N–H and O–H groups in total. The average molecular weight is 298 g/mol. The number of carboxylic acids is 1. The highest BCUT2D eigenvalue weighted by molar-refractivity contribution is 5.77. The molecule has 0 saturated carbocycles. The third-order valence-electron chi connectivity index (χ3n) is 4.67. The van der Waals surface area contributed by atoms with Crippen molar-refractivity contribution >= 4 is 12.0 Å². The van der Waals surface area contributed by atoms with Gasteiger partial charge in [-0.1, -0.05) is 0 Å². The Hall–Kier alpha value is -1.34. The number of aliphatic carboxylic acids is 1. The number of rotatable bonds is 3. The van der Waals surface area contributed by atoms with Crippen molar-refractivity contribution in [1.82, 2.24) is 9.80 Å². The van der Waals surface area contributed by atoms with Crippen LogP contribution in [0.15, 0.2) is 0 Å². The van der Waals surface area contributed by atoms with Crippen molar-refractivity contribution in [2.45, 2.75) is 38.0 Å². The molecule has 21 heavy (non-hydrogen) atoms. The number of hydrogen-bond donors (Lipinski definition) is 1. The number of likely N-dealkylation sites (tertiary alicyclic amines) is 1. The van der Waals surface area contributed by atoms with Crippen LogP contribution in [0.4, 0.5) is 4.79 Å². The van der Waals surface area contributed by atoms with Crippen molar-refractivity contribution < 1.29 is 24.2 Å². The zero-order chi connectivity index (χ0) is 15.0. The Morgan fingerprint density at radius 2 is 1.90 bits per heavy atom. The molecular formula is C14H22N2O5. The fourth-order valence-electron chi connectivity index (χ4n) is 3.55. The Morgan fingerprint density at radius 3 is 2.48 bits per heavy atom. The molecule has 3 fully saturated rings. The monoisotopic (exact) mass is 298 g/mol. The molecule has 0 aromatic rings. The van der Waals surface area contributed by atoms with Crippen molar-refractivity contribution in [3.05, 3.63) is 0 Å². The van der Waals surface area contributed by atoms with E-state index in [1.807, 2.05) is 11.8 Å². The Kier molecular flexibility index (Phi) is 4.03. The number of likely N-dealkylation sites (N-methyl/N-ethyl adjacent to an activating group) is 1. The molecule has 0 aliphatic carbocycles. The predicted octanol–water partition coefficient (Wildman–Crippen LogP) is 0.391. The first-order valence-corrected chi connectivity index (χ1v) is 7.61. The van der Waals surface area contributed by atoms with Gasteiger partial charge in [-0.3, -0.25) is 4.79 Å². The van der Waals surface area contributed by atoms with Crippen molar-refractivity contribution in [1.29, 1.82) is 0 Å². The summed E-state index contributed by atoms with van der Waals surface area (Å²) in [6.07, 6.45) is 2.29. The van der Waals surface area contributed by atoms with Gasteiger partial charge in [0.15, 0.2) is 0 Å². The number of amides is 2. The maximum atomic E-state index is 12.8. The minimum Gasteiger partial charge on any atom is -0.481 e. The maximum absolute atomic E-state index is 12.8. The van der Waals surface area contributed by atoms with Crippen molar-refractivity contribution in [2.24, 2.45) is 5.92 Å². The fourth-order valence-corrected chi connectivity index (χ4v) is 3.55. The van der Waals surface area contributed by atoms with E-state index in [0.717, 1.165) is 12.8 Å². The minimum atomic E-state index is -0.897. The van der Waals surface area contributed by atoms with E-state index in [4.69, 9.17) is 9.47 Å². The Balaban J connectivity index is 1.70. The van der Waals surface area contributed by atoms with Gasteiger partial charge in [-0.25, -0.2) is 4.79 Å². The normalized spacial score (nSPS) is 35.0. The Labute approximate surface area is 123 Å². The Morgan fingerprint density at radius 1 is 1.24 bits per heavy atom. The fraction of sp³-hybridized carbons (Fsp3) is 0.857. The summed E-state index contributed by atoms with van der Waals surface area (Å²) in [5, 5.41) is 9.26. The molecule has 0 aromatic heterocycles. The summed E-state index contributed by atoms with van der Waals surface area (Å²) >= 11 is 0. The molecule has 2 bridgehead atoms. The van der Waals surface area contributed by atoms with E-state index < -0.39 is 11.9 Å². The average Bonchev–Trinajstić information content (AvgIpc) is 3.06. The van der Waals surface area contributed by atoms with Gasteiger partial charge in [0, 0.05) is 19.6 Å². The number of carbonyl (C=O) groups is 2. The summed E-state index contributed by atoms with van der Waals surface area (Å²) < 4.78 is 11.0. The van der Waals surface area contributed by atoms with Crippen LogP contribution in [0.3, 0.4) is 0 Å². The molecule has 0 aromatic carbocycles. The molecular weight excluding hydrogens is 276 g/mol. The standard InChI is InChI=1S/C14H22N2O5/c1-2-16(12-8-20-7-11(12)13(17)18)14(19)15-5-9-3-4-10(6-15)21-9/h9-12H,2-8H2,1H3,(H,17,18). The quantitative estimate of drug-likeness (QED) is 0.815. The molecule has 3 heterocycles. The van der Waals surface area contributed by atoms with Crippen LogP contribution in [0.1, 0.15) is 19.8 Å². The lowest BCUT2D eigenvalue weighted by atomic mass is 10.0. The van der Waals surface area contributed by atoms with Crippen molar-refractivity contribution in [3.8, 4) is 0 Å². The summed E-state index contributed by atoms with van der Waals surface area (Å²) in [5.41, 5.74) is 0. The number of fused-ring (bicyclic) bond motifs is 2. The summed E-state index contributed by atoms with van der Waals surface area (Å²) in [6, 6.07) is -0.458. The molecule has 3 aliphatic heterocycles. The second-order valence-electron chi connectivity index (χ2n) is 5.98. The second kappa shape index (κ2) is 5.81. The van der Waals surface area contributed by atoms with Crippen LogP contribution in [-0.4, -0.2) is 78.0 Å². The molecule has 0 spiro atoms. The lowest BCUT2D eigenvalue weighted by molar-refractivity contribution is -0.142. The molecule has 3 saturated heterocycles. The molecule has 4 atom stereocenters. The molecule has 4 unspecified atom stereocenters. The highest BCUT2D eigenvalue weighted by Crippen LogP contribution is 2.28. The van der Waals surface area contributed by atoms with Gasteiger partial charge in [-0.15, -0.1) is 0 Å². The summed E-state index contributed by atoms with van der Waals surface area (Å²) in [6.45, 7) is 4.06. The number of nitrogens with zero attached hydrogens (tertiary/aromatic N) is 2. The topological polar surface area (TPSA) is 79.3 Å².